The SMILES string of the molecule is CC#C/C(C)=N\OC[C@@H]1CNCCO1. The van der Waals surface area contributed by atoms with Gasteiger partial charge in [0.25, 0.3) is 0 Å². The Morgan fingerprint density at radius 1 is 1.71 bits per heavy atom. The highest BCUT2D eigenvalue weighted by molar-refractivity contribution is 5.97. The predicted octanol–water partition coefficient (Wildman–Crippen LogP) is 0.391. The van der Waals surface area contributed by atoms with Crippen molar-refractivity contribution in [3.63, 3.8) is 0 Å². The normalized spacial score (nSPS) is 22.4. The number of rotatable bonds is 3. The fraction of sp³-hybridized carbons (Fsp3) is 0.700. The molecule has 0 spiro atoms. The van der Waals surface area contributed by atoms with Gasteiger partial charge in [-0.3, -0.25) is 0 Å². The number of morpholine rings is 1. The quantitative estimate of drug-likeness (QED) is 0.403. The zero-order valence-corrected chi connectivity index (χ0v) is 8.67. The van der Waals surface area contributed by atoms with Crippen LogP contribution >= 0.6 is 0 Å². The Labute approximate surface area is 84.6 Å². The molecule has 0 aliphatic carbocycles. The van der Waals surface area contributed by atoms with Crippen molar-refractivity contribution in [1.82, 2.24) is 5.32 Å². The fourth-order valence-electron chi connectivity index (χ4n) is 1.15. The summed E-state index contributed by atoms with van der Waals surface area (Å²) < 4.78 is 5.43. The van der Waals surface area contributed by atoms with Gasteiger partial charge in [-0.1, -0.05) is 11.1 Å². The minimum absolute atomic E-state index is 0.106. The van der Waals surface area contributed by atoms with Crippen LogP contribution in [-0.4, -0.2) is 38.1 Å². The molecule has 0 unspecified atom stereocenters. The number of hydrogen-bond donors (Lipinski definition) is 1. The summed E-state index contributed by atoms with van der Waals surface area (Å²) in [6.07, 6.45) is 0.106. The average Bonchev–Trinajstić information content (AvgIpc) is 2.20. The molecule has 1 aliphatic rings. The maximum atomic E-state index is 5.43. The zero-order valence-electron chi connectivity index (χ0n) is 8.67. The lowest BCUT2D eigenvalue weighted by atomic mass is 10.3. The van der Waals surface area contributed by atoms with Crippen molar-refractivity contribution in [3.05, 3.63) is 0 Å². The third-order valence-electron chi connectivity index (χ3n) is 1.77. The summed E-state index contributed by atoms with van der Waals surface area (Å²) in [5.74, 6) is 5.55. The van der Waals surface area contributed by atoms with Crippen molar-refractivity contribution in [2.75, 3.05) is 26.3 Å². The average molecular weight is 196 g/mol. The Hall–Kier alpha value is -1.05. The molecule has 1 N–H and O–H groups in total. The highest BCUT2D eigenvalue weighted by Crippen LogP contribution is 1.96. The monoisotopic (exact) mass is 196 g/mol. The van der Waals surface area contributed by atoms with E-state index in [1.165, 1.54) is 0 Å². The van der Waals surface area contributed by atoms with Crippen LogP contribution in [0.25, 0.3) is 0 Å². The molecule has 1 fully saturated rings. The van der Waals surface area contributed by atoms with Crippen LogP contribution in [0.15, 0.2) is 5.16 Å². The molecule has 14 heavy (non-hydrogen) atoms. The number of nitrogens with one attached hydrogen (secondary N) is 1. The molecule has 78 valence electrons. The molecule has 0 saturated carbocycles. The van der Waals surface area contributed by atoms with E-state index in [1.54, 1.807) is 6.92 Å². The molecule has 0 aromatic carbocycles. The van der Waals surface area contributed by atoms with Crippen molar-refractivity contribution in [3.8, 4) is 11.8 Å². The lowest BCUT2D eigenvalue weighted by Crippen LogP contribution is -2.40. The number of hydrogen-bond acceptors (Lipinski definition) is 4. The maximum Gasteiger partial charge on any atom is 0.144 e. The van der Waals surface area contributed by atoms with Gasteiger partial charge >= 0.3 is 0 Å². The van der Waals surface area contributed by atoms with Gasteiger partial charge in [-0.25, -0.2) is 0 Å². The minimum atomic E-state index is 0.106. The standard InChI is InChI=1S/C10H16N2O2/c1-3-4-9(2)12-14-8-10-7-11-5-6-13-10/h10-11H,5-8H2,1-2H3/b12-9-/t10-/m0/s1. The summed E-state index contributed by atoms with van der Waals surface area (Å²) in [5.41, 5.74) is 0.691. The van der Waals surface area contributed by atoms with E-state index in [9.17, 15) is 0 Å². The van der Waals surface area contributed by atoms with Gasteiger partial charge in [-0.05, 0) is 19.8 Å². The fourth-order valence-corrected chi connectivity index (χ4v) is 1.15. The molecule has 1 aliphatic heterocycles. The molecule has 4 heteroatoms. The Bertz CT molecular complexity index is 247. The number of nitrogens with zero attached hydrogens (tertiary/aromatic N) is 1. The lowest BCUT2D eigenvalue weighted by Gasteiger charge is -2.22. The van der Waals surface area contributed by atoms with Gasteiger partial charge in [0.05, 0.1) is 6.61 Å². The van der Waals surface area contributed by atoms with Crippen LogP contribution in [0.1, 0.15) is 13.8 Å². The van der Waals surface area contributed by atoms with Crippen molar-refractivity contribution < 1.29 is 9.57 Å². The molecular formula is C10H16N2O2. The molecule has 4 nitrogen and oxygen atoms in total. The number of oxime groups is 1. The molecule has 1 heterocycles. The van der Waals surface area contributed by atoms with E-state index in [0.29, 0.717) is 12.3 Å². The second kappa shape index (κ2) is 6.41. The second-order valence-electron chi connectivity index (χ2n) is 3.04. The molecule has 1 rings (SSSR count). The van der Waals surface area contributed by atoms with E-state index >= 15 is 0 Å². The van der Waals surface area contributed by atoms with Crippen LogP contribution in [0.4, 0.5) is 0 Å². The van der Waals surface area contributed by atoms with Gasteiger partial charge in [0, 0.05) is 13.1 Å². The Morgan fingerprint density at radius 3 is 3.21 bits per heavy atom. The van der Waals surface area contributed by atoms with Gasteiger partial charge in [-0.2, -0.15) is 0 Å². The first-order valence-corrected chi connectivity index (χ1v) is 4.74. The molecule has 0 aromatic heterocycles. The first kappa shape index (κ1) is 11.0. The maximum absolute atomic E-state index is 5.43. The first-order valence-electron chi connectivity index (χ1n) is 4.74. The molecule has 0 radical (unpaired) electrons. The summed E-state index contributed by atoms with van der Waals surface area (Å²) in [4.78, 5) is 5.11. The predicted molar refractivity (Wildman–Crippen MR) is 55.1 cm³/mol. The van der Waals surface area contributed by atoms with Gasteiger partial charge in [0.15, 0.2) is 0 Å². The molecule has 1 saturated heterocycles. The van der Waals surface area contributed by atoms with Crippen LogP contribution in [0, 0.1) is 11.8 Å². The van der Waals surface area contributed by atoms with Crippen molar-refractivity contribution in [2.45, 2.75) is 20.0 Å². The smallest absolute Gasteiger partial charge is 0.144 e. The third kappa shape index (κ3) is 4.26. The topological polar surface area (TPSA) is 42.8 Å². The molecule has 1 atom stereocenters. The lowest BCUT2D eigenvalue weighted by molar-refractivity contribution is -0.0301. The molecule has 0 aromatic rings. The van der Waals surface area contributed by atoms with Gasteiger partial charge in [0.1, 0.15) is 18.4 Å². The summed E-state index contributed by atoms with van der Waals surface area (Å²) in [6, 6.07) is 0. The van der Waals surface area contributed by atoms with Crippen molar-refractivity contribution in [2.24, 2.45) is 5.16 Å². The van der Waals surface area contributed by atoms with Crippen molar-refractivity contribution in [1.29, 1.82) is 0 Å². The van der Waals surface area contributed by atoms with E-state index in [-0.39, 0.29) is 6.10 Å². The first-order chi connectivity index (χ1) is 6.83. The summed E-state index contributed by atoms with van der Waals surface area (Å²) in [5, 5.41) is 7.06. The highest BCUT2D eigenvalue weighted by atomic mass is 16.6. The van der Waals surface area contributed by atoms with E-state index < -0.39 is 0 Å². The van der Waals surface area contributed by atoms with Crippen LogP contribution in [0.5, 0.6) is 0 Å². The molecule has 0 amide bonds. The van der Waals surface area contributed by atoms with E-state index in [1.807, 2.05) is 6.92 Å². The summed E-state index contributed by atoms with van der Waals surface area (Å²) >= 11 is 0. The molecular weight excluding hydrogens is 180 g/mol. The highest BCUT2D eigenvalue weighted by Gasteiger charge is 2.13. The van der Waals surface area contributed by atoms with Crippen LogP contribution in [0.2, 0.25) is 0 Å². The van der Waals surface area contributed by atoms with E-state index in [2.05, 4.69) is 22.3 Å². The summed E-state index contributed by atoms with van der Waals surface area (Å²) in [7, 11) is 0. The Balaban J connectivity index is 2.18. The largest absolute Gasteiger partial charge is 0.392 e. The van der Waals surface area contributed by atoms with Gasteiger partial charge < -0.3 is 14.9 Å². The van der Waals surface area contributed by atoms with Crippen LogP contribution in [0.3, 0.4) is 0 Å². The summed E-state index contributed by atoms with van der Waals surface area (Å²) in [6.45, 7) is 6.55. The molecule has 0 bridgehead atoms. The van der Waals surface area contributed by atoms with E-state index in [0.717, 1.165) is 19.7 Å². The van der Waals surface area contributed by atoms with E-state index in [4.69, 9.17) is 9.57 Å². The van der Waals surface area contributed by atoms with Gasteiger partial charge in [0.2, 0.25) is 0 Å². The van der Waals surface area contributed by atoms with Gasteiger partial charge in [-0.15, -0.1) is 0 Å². The third-order valence-corrected chi connectivity index (χ3v) is 1.77. The zero-order chi connectivity index (χ0) is 10.2. The van der Waals surface area contributed by atoms with Crippen LogP contribution in [-0.2, 0) is 9.57 Å². The Morgan fingerprint density at radius 2 is 2.57 bits per heavy atom. The Kier molecular flexibility index (Phi) is 5.05. The minimum Gasteiger partial charge on any atom is -0.392 e. The number of ether oxygens (including phenoxy) is 1. The second-order valence-corrected chi connectivity index (χ2v) is 3.04. The van der Waals surface area contributed by atoms with Crippen molar-refractivity contribution >= 4 is 5.71 Å². The van der Waals surface area contributed by atoms with Crippen LogP contribution < -0.4 is 5.32 Å².